The molecule has 0 aromatic carbocycles. The highest BCUT2D eigenvalue weighted by Crippen LogP contribution is 2.57. The lowest BCUT2D eigenvalue weighted by molar-refractivity contribution is -0.689. The predicted molar refractivity (Wildman–Crippen MR) is 110 cm³/mol. The van der Waals surface area contributed by atoms with E-state index in [1.54, 1.807) is 13.1 Å². The first-order valence-corrected chi connectivity index (χ1v) is 12.8. The van der Waals surface area contributed by atoms with Crippen LogP contribution in [0.5, 0.6) is 0 Å². The number of nitrogens with zero attached hydrogens (tertiary/aromatic N) is 3. The van der Waals surface area contributed by atoms with Crippen LogP contribution in [0.1, 0.15) is 28.4 Å². The Labute approximate surface area is 194 Å². The van der Waals surface area contributed by atoms with Crippen molar-refractivity contribution in [3.63, 3.8) is 0 Å². The molecule has 13 nitrogen and oxygen atoms in total. The summed E-state index contributed by atoms with van der Waals surface area (Å²) in [5, 5.41) is 2.73. The van der Waals surface area contributed by atoms with Gasteiger partial charge in [-0.15, -0.1) is 0 Å². The van der Waals surface area contributed by atoms with E-state index in [0.29, 0.717) is 23.8 Å². The molecule has 0 aliphatic carbocycles. The summed E-state index contributed by atoms with van der Waals surface area (Å²) in [6.07, 6.45) is 2.00. The number of phosphoric acid groups is 2. The van der Waals surface area contributed by atoms with Crippen molar-refractivity contribution in [3.8, 4) is 0 Å². The van der Waals surface area contributed by atoms with Crippen LogP contribution in [-0.4, -0.2) is 43.7 Å². The summed E-state index contributed by atoms with van der Waals surface area (Å²) in [5.41, 5.74) is 8.74. The molecule has 1 amide bonds. The first kappa shape index (κ1) is 28.7. The van der Waals surface area contributed by atoms with E-state index in [1.165, 1.54) is 11.3 Å². The number of carbonyl (C=O) groups is 1. The van der Waals surface area contributed by atoms with Gasteiger partial charge in [0.05, 0.1) is 17.0 Å². The minimum atomic E-state index is -5.16. The quantitative estimate of drug-likeness (QED) is 0.152. The molecule has 1 unspecified atom stereocenters. The van der Waals surface area contributed by atoms with Gasteiger partial charge in [-0.05, 0) is 6.92 Å². The van der Waals surface area contributed by atoms with Crippen LogP contribution in [0.4, 0.5) is 5.82 Å². The monoisotopic (exact) mass is 531 g/mol. The zero-order valence-electron chi connectivity index (χ0n) is 17.2. The molecular formula is C15H24ClN5O8P2S. The van der Waals surface area contributed by atoms with Gasteiger partial charge in [0.15, 0.2) is 12.2 Å². The molecule has 0 aliphatic heterocycles. The highest BCUT2D eigenvalue weighted by Gasteiger charge is 2.32. The van der Waals surface area contributed by atoms with Crippen molar-refractivity contribution >= 4 is 38.7 Å². The van der Waals surface area contributed by atoms with Gasteiger partial charge in [-0.25, -0.2) is 19.1 Å². The van der Waals surface area contributed by atoms with Crippen LogP contribution in [0, 0.1) is 13.8 Å². The van der Waals surface area contributed by atoms with Crippen molar-refractivity contribution in [3.05, 3.63) is 33.7 Å². The second-order valence-corrected chi connectivity index (χ2v) is 10.1. The predicted octanol–water partition coefficient (Wildman–Crippen LogP) is -2.45. The smallest absolute Gasteiger partial charge is 0.481 e. The molecule has 0 bridgehead atoms. The number of hydrogen-bond acceptors (Lipinski definition) is 9. The van der Waals surface area contributed by atoms with Gasteiger partial charge >= 0.3 is 15.6 Å². The molecule has 2 aromatic heterocycles. The van der Waals surface area contributed by atoms with Crippen LogP contribution in [0.15, 0.2) is 11.7 Å². The molecule has 6 N–H and O–H groups in total. The van der Waals surface area contributed by atoms with E-state index in [9.17, 15) is 18.8 Å². The standard InChI is InChI=1S/C15H23N5O8P2S.ClH/c1-10-13(4-6-27-30(25,26)28-29(22,23)24)31-9-20(10)8-12-7-17-11(2)18-15(12)19-14(21)3-5-16;/h7,9H,3-6,8,16H2,1-2H3,(H3-,17,18,19,21,22,23,24,25,26);1H. The fourth-order valence-corrected chi connectivity index (χ4v) is 5.05. The molecule has 0 saturated heterocycles. The molecule has 2 rings (SSSR count). The van der Waals surface area contributed by atoms with E-state index in [2.05, 4.69) is 24.1 Å². The molecular weight excluding hydrogens is 508 g/mol. The number of rotatable bonds is 11. The van der Waals surface area contributed by atoms with E-state index in [-0.39, 0.29) is 44.3 Å². The lowest BCUT2D eigenvalue weighted by Crippen LogP contribution is -3.00. The Bertz CT molecular complexity index is 1030. The van der Waals surface area contributed by atoms with Crippen molar-refractivity contribution in [1.82, 2.24) is 9.97 Å². The second kappa shape index (κ2) is 12.2. The molecule has 2 heterocycles. The molecule has 0 saturated carbocycles. The van der Waals surface area contributed by atoms with Gasteiger partial charge in [0, 0.05) is 32.5 Å². The number of nitrogens with one attached hydrogen (secondary N) is 1. The van der Waals surface area contributed by atoms with E-state index >= 15 is 0 Å². The number of nitrogens with two attached hydrogens (primary N) is 1. The molecule has 0 aliphatic rings. The average Bonchev–Trinajstić information content (AvgIpc) is 2.95. The number of carbonyl (C=O) groups excluding carboxylic acids is 1. The maximum absolute atomic E-state index is 11.9. The molecule has 0 fully saturated rings. The number of hydrogen-bond donors (Lipinski definition) is 5. The van der Waals surface area contributed by atoms with Crippen molar-refractivity contribution in [2.75, 3.05) is 18.5 Å². The third kappa shape index (κ3) is 9.28. The summed E-state index contributed by atoms with van der Waals surface area (Å²) >= 11 is 1.36. The SMILES string of the molecule is Cc1ncc(C[n+]2csc(CCOP(=O)(O)OP(=O)(O)O)c2C)c(NC(=O)CCN)n1.[Cl-]. The Morgan fingerprint density at radius 3 is 2.62 bits per heavy atom. The van der Waals surface area contributed by atoms with Crippen molar-refractivity contribution in [2.45, 2.75) is 33.2 Å². The number of phosphoric ester groups is 1. The number of anilines is 1. The second-order valence-electron chi connectivity index (χ2n) is 6.36. The highest BCUT2D eigenvalue weighted by atomic mass is 35.5. The third-order valence-corrected chi connectivity index (χ3v) is 7.23. The fraction of sp³-hybridized carbons (Fsp3) is 0.467. The average molecular weight is 532 g/mol. The summed E-state index contributed by atoms with van der Waals surface area (Å²) in [7, 11) is -10.0. The molecule has 17 heteroatoms. The van der Waals surface area contributed by atoms with Gasteiger partial charge in [-0.2, -0.15) is 8.88 Å². The van der Waals surface area contributed by atoms with Crippen LogP contribution in [0.25, 0.3) is 0 Å². The number of amides is 1. The lowest BCUT2D eigenvalue weighted by atomic mass is 10.2. The van der Waals surface area contributed by atoms with Crippen LogP contribution in [0.2, 0.25) is 0 Å². The molecule has 1 atom stereocenters. The Morgan fingerprint density at radius 2 is 2.00 bits per heavy atom. The van der Waals surface area contributed by atoms with Crippen LogP contribution < -0.4 is 28.0 Å². The summed E-state index contributed by atoms with van der Waals surface area (Å²) in [5.74, 6) is 0.644. The molecule has 32 heavy (non-hydrogen) atoms. The number of aromatic nitrogens is 3. The van der Waals surface area contributed by atoms with Crippen LogP contribution >= 0.6 is 27.0 Å². The summed E-state index contributed by atoms with van der Waals surface area (Å²) < 4.78 is 32.4. The van der Waals surface area contributed by atoms with Crippen molar-refractivity contribution in [1.29, 1.82) is 0 Å². The topological polar surface area (TPSA) is 198 Å². The zero-order chi connectivity index (χ0) is 23.2. The van der Waals surface area contributed by atoms with Crippen LogP contribution in [0.3, 0.4) is 0 Å². The maximum Gasteiger partial charge on any atom is 0.481 e. The minimum Gasteiger partial charge on any atom is -1.00 e. The lowest BCUT2D eigenvalue weighted by Gasteiger charge is -2.11. The minimum absolute atomic E-state index is 0. The summed E-state index contributed by atoms with van der Waals surface area (Å²) in [4.78, 5) is 47.7. The van der Waals surface area contributed by atoms with Crippen LogP contribution in [-0.2, 0) is 35.7 Å². The van der Waals surface area contributed by atoms with Gasteiger partial charge in [0.1, 0.15) is 11.6 Å². The van der Waals surface area contributed by atoms with E-state index < -0.39 is 15.6 Å². The summed E-state index contributed by atoms with van der Waals surface area (Å²) in [6.45, 7) is 3.83. The first-order valence-electron chi connectivity index (χ1n) is 8.93. The number of aryl methyl sites for hydroxylation is 1. The summed E-state index contributed by atoms with van der Waals surface area (Å²) in [6, 6.07) is 0. The molecule has 180 valence electrons. The zero-order valence-corrected chi connectivity index (χ0v) is 20.5. The van der Waals surface area contributed by atoms with Gasteiger partial charge in [0.25, 0.3) is 0 Å². The largest absolute Gasteiger partial charge is 1.00 e. The molecule has 2 aromatic rings. The molecule has 0 radical (unpaired) electrons. The Morgan fingerprint density at radius 1 is 1.31 bits per heavy atom. The van der Waals surface area contributed by atoms with Gasteiger partial charge < -0.3 is 38.1 Å². The third-order valence-electron chi connectivity index (χ3n) is 3.90. The first-order chi connectivity index (χ1) is 14.4. The Hall–Kier alpha value is -1.31. The number of thiazole rings is 1. The van der Waals surface area contributed by atoms with Gasteiger partial charge in [-0.3, -0.25) is 9.32 Å². The van der Waals surface area contributed by atoms with Crippen molar-refractivity contribution < 1.29 is 54.4 Å². The Kier molecular flexibility index (Phi) is 11.0. The van der Waals surface area contributed by atoms with Gasteiger partial charge in [-0.1, -0.05) is 11.3 Å². The normalized spacial score (nSPS) is 13.3. The molecule has 0 spiro atoms. The van der Waals surface area contributed by atoms with E-state index in [4.69, 9.17) is 15.5 Å². The van der Waals surface area contributed by atoms with E-state index in [1.807, 2.05) is 17.0 Å². The van der Waals surface area contributed by atoms with Crippen molar-refractivity contribution in [2.24, 2.45) is 5.73 Å². The fourth-order valence-electron chi connectivity index (χ4n) is 2.49. The highest BCUT2D eigenvalue weighted by molar-refractivity contribution is 7.60. The maximum atomic E-state index is 11.9. The van der Waals surface area contributed by atoms with E-state index in [0.717, 1.165) is 10.6 Å². The van der Waals surface area contributed by atoms with Gasteiger partial charge in [0.2, 0.25) is 11.4 Å². The Balaban J connectivity index is 0.00000512. The number of halogens is 1.